The second-order valence-corrected chi connectivity index (χ2v) is 7.20. The van der Waals surface area contributed by atoms with Gasteiger partial charge in [0, 0.05) is 10.9 Å². The zero-order chi connectivity index (χ0) is 18.1. The fraction of sp³-hybridized carbons (Fsp3) is 0.222. The highest BCUT2D eigenvalue weighted by molar-refractivity contribution is 7.21. The van der Waals surface area contributed by atoms with E-state index in [1.54, 1.807) is 6.07 Å². The third-order valence-electron chi connectivity index (χ3n) is 4.06. The second kappa shape index (κ2) is 6.72. The van der Waals surface area contributed by atoms with E-state index in [1.807, 2.05) is 30.3 Å². The predicted molar refractivity (Wildman–Crippen MR) is 99.0 cm³/mol. The number of urea groups is 1. The van der Waals surface area contributed by atoms with Crippen molar-refractivity contribution in [3.05, 3.63) is 53.1 Å². The van der Waals surface area contributed by atoms with E-state index in [9.17, 15) is 14.4 Å². The summed E-state index contributed by atoms with van der Waals surface area (Å²) in [5, 5.41) is 5.36. The average Bonchev–Trinajstić information content (AvgIpc) is 3.32. The second-order valence-electron chi connectivity index (χ2n) is 6.17. The summed E-state index contributed by atoms with van der Waals surface area (Å²) < 4.78 is 1.21. The van der Waals surface area contributed by atoms with Crippen molar-refractivity contribution in [3.63, 3.8) is 0 Å². The van der Waals surface area contributed by atoms with Gasteiger partial charge >= 0.3 is 6.03 Å². The number of fused-ring (bicyclic) bond motifs is 1. The summed E-state index contributed by atoms with van der Waals surface area (Å²) in [6, 6.07) is 11.2. The molecule has 0 saturated heterocycles. The molecule has 4 rings (SSSR count). The molecule has 3 amide bonds. The number of hydrogen-bond donors (Lipinski definition) is 2. The van der Waals surface area contributed by atoms with Crippen LogP contribution in [-0.2, 0) is 11.3 Å². The molecule has 1 aliphatic carbocycles. The normalized spacial score (nSPS) is 13.5. The molecule has 3 aromatic rings. The largest absolute Gasteiger partial charge is 0.335 e. The summed E-state index contributed by atoms with van der Waals surface area (Å²) in [6.45, 7) is -0.254. The molecule has 132 valence electrons. The first kappa shape index (κ1) is 16.5. The zero-order valence-corrected chi connectivity index (χ0v) is 14.6. The molecule has 2 aromatic heterocycles. The van der Waals surface area contributed by atoms with Crippen LogP contribution < -0.4 is 16.2 Å². The summed E-state index contributed by atoms with van der Waals surface area (Å²) in [5.41, 5.74) is 0.710. The fourth-order valence-corrected chi connectivity index (χ4v) is 3.58. The van der Waals surface area contributed by atoms with E-state index in [4.69, 9.17) is 0 Å². The standard InChI is InChI=1S/C18H16N4O3S/c23-15(21-18(25)20-12-6-7-12)9-22-10-19-16-13(17(22)24)8-14(26-16)11-4-2-1-3-5-11/h1-5,8,10,12H,6-7,9H2,(H2,20,21,23,25). The van der Waals surface area contributed by atoms with Gasteiger partial charge in [-0.25, -0.2) is 9.78 Å². The lowest BCUT2D eigenvalue weighted by atomic mass is 10.2. The molecule has 0 unspecified atom stereocenters. The van der Waals surface area contributed by atoms with Gasteiger partial charge in [-0.15, -0.1) is 11.3 Å². The van der Waals surface area contributed by atoms with Gasteiger partial charge in [-0.1, -0.05) is 30.3 Å². The maximum absolute atomic E-state index is 12.6. The van der Waals surface area contributed by atoms with Crippen LogP contribution in [0.3, 0.4) is 0 Å². The third-order valence-corrected chi connectivity index (χ3v) is 5.15. The highest BCUT2D eigenvalue weighted by Crippen LogP contribution is 2.30. The molecule has 1 fully saturated rings. The van der Waals surface area contributed by atoms with Crippen LogP contribution in [0.1, 0.15) is 12.8 Å². The van der Waals surface area contributed by atoms with E-state index in [-0.39, 0.29) is 18.1 Å². The van der Waals surface area contributed by atoms with E-state index < -0.39 is 11.9 Å². The molecule has 1 saturated carbocycles. The molecule has 0 spiro atoms. The summed E-state index contributed by atoms with van der Waals surface area (Å²) in [5.74, 6) is -0.551. The number of carbonyl (C=O) groups is 2. The Morgan fingerprint density at radius 1 is 1.23 bits per heavy atom. The van der Waals surface area contributed by atoms with Crippen molar-refractivity contribution >= 4 is 33.5 Å². The highest BCUT2D eigenvalue weighted by atomic mass is 32.1. The van der Waals surface area contributed by atoms with Crippen LogP contribution in [0, 0.1) is 0 Å². The minimum atomic E-state index is -0.551. The van der Waals surface area contributed by atoms with Gasteiger partial charge in [0.2, 0.25) is 5.91 Å². The van der Waals surface area contributed by atoms with Crippen molar-refractivity contribution in [2.24, 2.45) is 0 Å². The Hall–Kier alpha value is -3.00. The van der Waals surface area contributed by atoms with Gasteiger partial charge in [-0.3, -0.25) is 19.5 Å². The number of amides is 3. The number of hydrogen-bond acceptors (Lipinski definition) is 5. The molecule has 8 heteroatoms. The lowest BCUT2D eigenvalue weighted by Crippen LogP contribution is -2.42. The topological polar surface area (TPSA) is 93.1 Å². The van der Waals surface area contributed by atoms with E-state index >= 15 is 0 Å². The molecular weight excluding hydrogens is 352 g/mol. The van der Waals surface area contributed by atoms with E-state index in [2.05, 4.69) is 15.6 Å². The Labute approximate surface area is 152 Å². The zero-order valence-electron chi connectivity index (χ0n) is 13.8. The fourth-order valence-electron chi connectivity index (χ4n) is 2.59. The highest BCUT2D eigenvalue weighted by Gasteiger charge is 2.24. The lowest BCUT2D eigenvalue weighted by molar-refractivity contribution is -0.120. The first-order chi connectivity index (χ1) is 12.6. The van der Waals surface area contributed by atoms with Gasteiger partial charge in [0.1, 0.15) is 11.4 Å². The van der Waals surface area contributed by atoms with Crippen LogP contribution in [0.15, 0.2) is 47.5 Å². The third kappa shape index (κ3) is 3.50. The Morgan fingerprint density at radius 2 is 2.00 bits per heavy atom. The van der Waals surface area contributed by atoms with Crippen LogP contribution in [0.4, 0.5) is 4.79 Å². The Morgan fingerprint density at radius 3 is 2.73 bits per heavy atom. The van der Waals surface area contributed by atoms with Crippen LogP contribution in [0.25, 0.3) is 20.7 Å². The van der Waals surface area contributed by atoms with Gasteiger partial charge in [0.25, 0.3) is 5.56 Å². The number of aromatic nitrogens is 2. The number of nitrogens with one attached hydrogen (secondary N) is 2. The molecule has 0 radical (unpaired) electrons. The molecule has 26 heavy (non-hydrogen) atoms. The maximum atomic E-state index is 12.6. The maximum Gasteiger partial charge on any atom is 0.321 e. The number of rotatable bonds is 4. The van der Waals surface area contributed by atoms with Crippen LogP contribution in [-0.4, -0.2) is 27.5 Å². The van der Waals surface area contributed by atoms with Gasteiger partial charge in [0.05, 0.1) is 11.7 Å². The number of carbonyl (C=O) groups excluding carboxylic acids is 2. The predicted octanol–water partition coefficient (Wildman–Crippen LogP) is 2.11. The minimum Gasteiger partial charge on any atom is -0.335 e. The first-order valence-electron chi connectivity index (χ1n) is 8.25. The van der Waals surface area contributed by atoms with Crippen molar-refractivity contribution in [1.29, 1.82) is 0 Å². The minimum absolute atomic E-state index is 0.158. The molecule has 0 atom stereocenters. The quantitative estimate of drug-likeness (QED) is 0.738. The van der Waals surface area contributed by atoms with Crippen LogP contribution in [0.2, 0.25) is 0 Å². The Kier molecular flexibility index (Phi) is 4.26. The monoisotopic (exact) mass is 368 g/mol. The number of thiophene rings is 1. The SMILES string of the molecule is O=C(Cn1cnc2sc(-c3ccccc3)cc2c1=O)NC(=O)NC1CC1. The van der Waals surface area contributed by atoms with E-state index in [0.29, 0.717) is 10.2 Å². The van der Waals surface area contributed by atoms with Crippen molar-refractivity contribution in [2.75, 3.05) is 0 Å². The smallest absolute Gasteiger partial charge is 0.321 e. The molecular formula is C18H16N4O3S. The van der Waals surface area contributed by atoms with Crippen molar-refractivity contribution in [1.82, 2.24) is 20.2 Å². The van der Waals surface area contributed by atoms with E-state index in [0.717, 1.165) is 23.3 Å². The van der Waals surface area contributed by atoms with Crippen LogP contribution in [0.5, 0.6) is 0 Å². The summed E-state index contributed by atoms with van der Waals surface area (Å²) in [4.78, 5) is 42.1. The van der Waals surface area contributed by atoms with Crippen molar-refractivity contribution < 1.29 is 9.59 Å². The lowest BCUT2D eigenvalue weighted by Gasteiger charge is -2.07. The molecule has 0 aliphatic heterocycles. The molecule has 2 heterocycles. The molecule has 7 nitrogen and oxygen atoms in total. The van der Waals surface area contributed by atoms with Gasteiger partial charge in [-0.2, -0.15) is 0 Å². The van der Waals surface area contributed by atoms with Gasteiger partial charge < -0.3 is 5.32 Å². The number of nitrogens with zero attached hydrogens (tertiary/aromatic N) is 2. The first-order valence-corrected chi connectivity index (χ1v) is 9.06. The van der Waals surface area contributed by atoms with Gasteiger partial charge in [0.15, 0.2) is 0 Å². The Bertz CT molecular complexity index is 1040. The Balaban J connectivity index is 1.54. The van der Waals surface area contributed by atoms with Crippen molar-refractivity contribution in [2.45, 2.75) is 25.4 Å². The van der Waals surface area contributed by atoms with Crippen molar-refractivity contribution in [3.8, 4) is 10.4 Å². The summed E-state index contributed by atoms with van der Waals surface area (Å²) >= 11 is 1.43. The molecule has 2 N–H and O–H groups in total. The molecule has 1 aliphatic rings. The summed E-state index contributed by atoms with van der Waals surface area (Å²) in [6.07, 6.45) is 3.21. The molecule has 1 aromatic carbocycles. The molecule has 0 bridgehead atoms. The van der Waals surface area contributed by atoms with E-state index in [1.165, 1.54) is 22.2 Å². The average molecular weight is 368 g/mol. The van der Waals surface area contributed by atoms with Crippen LogP contribution >= 0.6 is 11.3 Å². The number of benzene rings is 1. The summed E-state index contributed by atoms with van der Waals surface area (Å²) in [7, 11) is 0. The van der Waals surface area contributed by atoms with Gasteiger partial charge in [-0.05, 0) is 24.5 Å². The number of imide groups is 1.